The zero-order chi connectivity index (χ0) is 11.4. The summed E-state index contributed by atoms with van der Waals surface area (Å²) in [5.74, 6) is 0. The zero-order valence-corrected chi connectivity index (χ0v) is 9.74. The molecular formula is C11H13N3OS. The largest absolute Gasteiger partial charge is 0.389 e. The average Bonchev–Trinajstić information content (AvgIpc) is 2.79. The van der Waals surface area contributed by atoms with Crippen LogP contribution in [0.5, 0.6) is 0 Å². The molecule has 5 heteroatoms. The van der Waals surface area contributed by atoms with Gasteiger partial charge < -0.3 is 10.4 Å². The Balaban J connectivity index is 2.09. The number of aliphatic hydroxyl groups excluding tert-OH is 1. The first-order valence-electron chi connectivity index (χ1n) is 5.04. The molecule has 2 N–H and O–H groups in total. The molecule has 84 valence electrons. The minimum atomic E-state index is -0.475. The van der Waals surface area contributed by atoms with Crippen LogP contribution in [0.25, 0.3) is 0 Å². The highest BCUT2D eigenvalue weighted by Crippen LogP contribution is 2.22. The molecule has 1 heterocycles. The summed E-state index contributed by atoms with van der Waals surface area (Å²) in [6.07, 6.45) is -0.475. The molecule has 0 saturated carbocycles. The van der Waals surface area contributed by atoms with Gasteiger partial charge in [0.05, 0.1) is 18.3 Å². The molecule has 1 aromatic carbocycles. The molecule has 0 aliphatic rings. The molecule has 0 aliphatic carbocycles. The summed E-state index contributed by atoms with van der Waals surface area (Å²) in [6, 6.07) is 7.71. The third kappa shape index (κ3) is 2.56. The molecule has 0 fully saturated rings. The molecule has 0 amide bonds. The van der Waals surface area contributed by atoms with Gasteiger partial charge >= 0.3 is 0 Å². The number of hydrogen-bond acceptors (Lipinski definition) is 5. The van der Waals surface area contributed by atoms with E-state index in [4.69, 9.17) is 0 Å². The number of aromatic nitrogens is 2. The van der Waals surface area contributed by atoms with Crippen LogP contribution in [0.3, 0.4) is 0 Å². The first-order valence-corrected chi connectivity index (χ1v) is 5.88. The van der Waals surface area contributed by atoms with Gasteiger partial charge in [0.15, 0.2) is 0 Å². The van der Waals surface area contributed by atoms with E-state index in [1.54, 1.807) is 6.92 Å². The number of aliphatic hydroxyl groups is 1. The number of nitrogens with zero attached hydrogens (tertiary/aromatic N) is 2. The van der Waals surface area contributed by atoms with Crippen molar-refractivity contribution in [2.24, 2.45) is 0 Å². The summed E-state index contributed by atoms with van der Waals surface area (Å²) < 4.78 is 3.79. The second-order valence-corrected chi connectivity index (χ2v) is 4.12. The van der Waals surface area contributed by atoms with Crippen LogP contribution in [-0.2, 0) is 6.54 Å². The van der Waals surface area contributed by atoms with Crippen molar-refractivity contribution in [1.29, 1.82) is 0 Å². The van der Waals surface area contributed by atoms with E-state index in [1.807, 2.05) is 29.6 Å². The molecule has 2 aromatic rings. The number of hydrogen-bond donors (Lipinski definition) is 2. The fourth-order valence-electron chi connectivity index (χ4n) is 1.47. The molecule has 0 bridgehead atoms. The molecule has 0 saturated heterocycles. The molecule has 16 heavy (non-hydrogen) atoms. The van der Waals surface area contributed by atoms with E-state index in [9.17, 15) is 5.11 Å². The van der Waals surface area contributed by atoms with E-state index in [2.05, 4.69) is 14.9 Å². The number of rotatable bonds is 4. The van der Waals surface area contributed by atoms with E-state index in [0.29, 0.717) is 6.54 Å². The molecule has 4 nitrogen and oxygen atoms in total. The molecule has 1 unspecified atom stereocenters. The summed E-state index contributed by atoms with van der Waals surface area (Å²) in [5.41, 5.74) is 2.74. The van der Waals surface area contributed by atoms with Crippen molar-refractivity contribution >= 4 is 17.2 Å². The molecule has 1 atom stereocenters. The van der Waals surface area contributed by atoms with Gasteiger partial charge in [-0.2, -0.15) is 0 Å². The third-order valence-electron chi connectivity index (χ3n) is 2.28. The van der Waals surface area contributed by atoms with Crippen molar-refractivity contribution in [3.63, 3.8) is 0 Å². The Kier molecular flexibility index (Phi) is 3.48. The number of anilines is 1. The second-order valence-electron chi connectivity index (χ2n) is 3.51. The Morgan fingerprint density at radius 2 is 2.25 bits per heavy atom. The summed E-state index contributed by atoms with van der Waals surface area (Å²) in [4.78, 5) is 0. The summed E-state index contributed by atoms with van der Waals surface area (Å²) in [5, 5.41) is 18.7. The topological polar surface area (TPSA) is 58.0 Å². The van der Waals surface area contributed by atoms with Crippen molar-refractivity contribution < 1.29 is 5.11 Å². The van der Waals surface area contributed by atoms with E-state index >= 15 is 0 Å². The van der Waals surface area contributed by atoms with Crippen molar-refractivity contribution in [3.8, 4) is 0 Å². The fourth-order valence-corrected chi connectivity index (χ4v) is 1.92. The van der Waals surface area contributed by atoms with Crippen molar-refractivity contribution in [3.05, 3.63) is 40.9 Å². The Labute approximate surface area is 98.1 Å². The molecule has 0 aliphatic heterocycles. The lowest BCUT2D eigenvalue weighted by atomic mass is 10.1. The van der Waals surface area contributed by atoms with Gasteiger partial charge in [0.25, 0.3) is 0 Å². The van der Waals surface area contributed by atoms with Crippen LogP contribution < -0.4 is 5.32 Å². The molecule has 1 aromatic heterocycles. The highest BCUT2D eigenvalue weighted by atomic mass is 32.1. The summed E-state index contributed by atoms with van der Waals surface area (Å²) in [7, 11) is 0. The van der Waals surface area contributed by atoms with Gasteiger partial charge in [-0.25, -0.2) is 0 Å². The number of benzene rings is 1. The van der Waals surface area contributed by atoms with Crippen LogP contribution in [0.1, 0.15) is 24.3 Å². The normalized spacial score (nSPS) is 12.4. The van der Waals surface area contributed by atoms with Gasteiger partial charge in [0, 0.05) is 16.6 Å². The fraction of sp³-hybridized carbons (Fsp3) is 0.273. The van der Waals surface area contributed by atoms with Gasteiger partial charge in [-0.05, 0) is 24.5 Å². The Morgan fingerprint density at radius 3 is 2.94 bits per heavy atom. The van der Waals surface area contributed by atoms with Crippen LogP contribution in [-0.4, -0.2) is 14.7 Å². The van der Waals surface area contributed by atoms with E-state index in [-0.39, 0.29) is 0 Å². The monoisotopic (exact) mass is 235 g/mol. The molecular weight excluding hydrogens is 222 g/mol. The lowest BCUT2D eigenvalue weighted by Crippen LogP contribution is -2.04. The number of para-hydroxylation sites is 1. The summed E-state index contributed by atoms with van der Waals surface area (Å²) in [6.45, 7) is 2.38. The quantitative estimate of drug-likeness (QED) is 0.853. The molecule has 2 rings (SSSR count). The maximum atomic E-state index is 9.60. The Hall–Kier alpha value is -1.46. The lowest BCUT2D eigenvalue weighted by molar-refractivity contribution is 0.200. The van der Waals surface area contributed by atoms with Crippen molar-refractivity contribution in [2.75, 3.05) is 5.32 Å². The standard InChI is InChI=1S/C11H13N3OS/c1-8(15)10-4-2-3-5-11(10)12-6-9-7-16-14-13-9/h2-5,7-8,12,15H,6H2,1H3. The smallest absolute Gasteiger partial charge is 0.0946 e. The third-order valence-corrected chi connectivity index (χ3v) is 2.83. The second kappa shape index (κ2) is 5.05. The SMILES string of the molecule is CC(O)c1ccccc1NCc1csnn1. The zero-order valence-electron chi connectivity index (χ0n) is 8.92. The van der Waals surface area contributed by atoms with Gasteiger partial charge in [-0.15, -0.1) is 5.10 Å². The predicted molar refractivity (Wildman–Crippen MR) is 64.3 cm³/mol. The Morgan fingerprint density at radius 1 is 1.44 bits per heavy atom. The van der Waals surface area contributed by atoms with Gasteiger partial charge in [0.2, 0.25) is 0 Å². The van der Waals surface area contributed by atoms with Gasteiger partial charge in [0.1, 0.15) is 0 Å². The van der Waals surface area contributed by atoms with Gasteiger partial charge in [-0.3, -0.25) is 0 Å². The predicted octanol–water partition coefficient (Wildman–Crippen LogP) is 2.20. The minimum Gasteiger partial charge on any atom is -0.389 e. The molecule has 0 spiro atoms. The lowest BCUT2D eigenvalue weighted by Gasteiger charge is -2.12. The molecule has 0 radical (unpaired) electrons. The van der Waals surface area contributed by atoms with E-state index in [0.717, 1.165) is 16.9 Å². The maximum Gasteiger partial charge on any atom is 0.0946 e. The van der Waals surface area contributed by atoms with Gasteiger partial charge in [-0.1, -0.05) is 22.7 Å². The van der Waals surface area contributed by atoms with Crippen LogP contribution in [0.15, 0.2) is 29.6 Å². The van der Waals surface area contributed by atoms with Crippen molar-refractivity contribution in [1.82, 2.24) is 9.59 Å². The van der Waals surface area contributed by atoms with Crippen molar-refractivity contribution in [2.45, 2.75) is 19.6 Å². The first-order chi connectivity index (χ1) is 7.77. The highest BCUT2D eigenvalue weighted by Gasteiger charge is 2.06. The van der Waals surface area contributed by atoms with E-state index < -0.39 is 6.10 Å². The van der Waals surface area contributed by atoms with E-state index in [1.165, 1.54) is 11.5 Å². The van der Waals surface area contributed by atoms with Crippen LogP contribution >= 0.6 is 11.5 Å². The van der Waals surface area contributed by atoms with Crippen LogP contribution in [0, 0.1) is 0 Å². The Bertz CT molecular complexity index is 442. The summed E-state index contributed by atoms with van der Waals surface area (Å²) >= 11 is 1.33. The average molecular weight is 235 g/mol. The minimum absolute atomic E-state index is 0.475. The van der Waals surface area contributed by atoms with Crippen LogP contribution in [0.4, 0.5) is 5.69 Å². The van der Waals surface area contributed by atoms with Crippen LogP contribution in [0.2, 0.25) is 0 Å². The maximum absolute atomic E-state index is 9.60. The number of nitrogens with one attached hydrogen (secondary N) is 1. The first kappa shape index (κ1) is 11.0. The highest BCUT2D eigenvalue weighted by molar-refractivity contribution is 7.03.